The van der Waals surface area contributed by atoms with Gasteiger partial charge in [0.1, 0.15) is 11.5 Å². The zero-order chi connectivity index (χ0) is 19.3. The maximum absolute atomic E-state index is 12.4. The highest BCUT2D eigenvalue weighted by atomic mass is 16.5. The molecule has 1 amide bonds. The molecular weight excluding hydrogens is 356 g/mol. The minimum atomic E-state index is -0.623. The van der Waals surface area contributed by atoms with E-state index >= 15 is 0 Å². The zero-order valence-electron chi connectivity index (χ0n) is 15.8. The second kappa shape index (κ2) is 8.68. The number of nitrogens with zero attached hydrogens (tertiary/aromatic N) is 2. The number of rotatable bonds is 7. The molecule has 0 radical (unpaired) electrons. The van der Waals surface area contributed by atoms with Gasteiger partial charge in [-0.2, -0.15) is 0 Å². The minimum Gasteiger partial charge on any atom is -0.390 e. The van der Waals surface area contributed by atoms with Crippen LogP contribution in [-0.4, -0.2) is 65.9 Å². The molecule has 2 aromatic rings. The number of fused-ring (bicyclic) bond motifs is 1. The first-order valence-electron chi connectivity index (χ1n) is 9.74. The van der Waals surface area contributed by atoms with Crippen LogP contribution in [0.25, 0.3) is 0 Å². The van der Waals surface area contributed by atoms with Crippen molar-refractivity contribution >= 4 is 11.7 Å². The van der Waals surface area contributed by atoms with Crippen LogP contribution in [0.15, 0.2) is 42.5 Å². The first-order chi connectivity index (χ1) is 13.7. The third-order valence-corrected chi connectivity index (χ3v) is 5.15. The molecule has 2 aliphatic rings. The molecule has 0 aliphatic carbocycles. The van der Waals surface area contributed by atoms with Crippen LogP contribution in [0.3, 0.4) is 0 Å². The highest BCUT2D eigenvalue weighted by Gasteiger charge is 2.20. The van der Waals surface area contributed by atoms with Gasteiger partial charge in [0.15, 0.2) is 0 Å². The number of amides is 1. The Bertz CT molecular complexity index is 825. The van der Waals surface area contributed by atoms with E-state index in [1.807, 2.05) is 12.1 Å². The molecule has 1 saturated heterocycles. The van der Waals surface area contributed by atoms with Crippen molar-refractivity contribution in [1.82, 2.24) is 15.2 Å². The molecule has 148 valence electrons. The molecule has 1 aromatic heterocycles. The second-order valence-corrected chi connectivity index (χ2v) is 7.40. The van der Waals surface area contributed by atoms with Gasteiger partial charge in [-0.1, -0.05) is 30.3 Å². The molecule has 7 nitrogen and oxygen atoms in total. The Balaban J connectivity index is 1.25. The fourth-order valence-corrected chi connectivity index (χ4v) is 3.54. The number of carbonyl (C=O) groups excluding carboxylic acids is 1. The summed E-state index contributed by atoms with van der Waals surface area (Å²) < 4.78 is 5.13. The quantitative estimate of drug-likeness (QED) is 0.663. The molecule has 1 aromatic carbocycles. The van der Waals surface area contributed by atoms with Gasteiger partial charge in [0, 0.05) is 26.2 Å². The van der Waals surface area contributed by atoms with Gasteiger partial charge < -0.3 is 20.5 Å². The van der Waals surface area contributed by atoms with E-state index in [0.717, 1.165) is 19.5 Å². The molecule has 1 atom stereocenters. The number of aromatic nitrogens is 1. The van der Waals surface area contributed by atoms with E-state index in [9.17, 15) is 9.90 Å². The van der Waals surface area contributed by atoms with E-state index in [2.05, 4.69) is 38.7 Å². The fourth-order valence-electron chi connectivity index (χ4n) is 3.54. The van der Waals surface area contributed by atoms with E-state index < -0.39 is 6.10 Å². The Kier molecular flexibility index (Phi) is 5.85. The van der Waals surface area contributed by atoms with Gasteiger partial charge >= 0.3 is 0 Å². The third-order valence-electron chi connectivity index (χ3n) is 5.15. The maximum atomic E-state index is 12.4. The van der Waals surface area contributed by atoms with Gasteiger partial charge in [0.2, 0.25) is 0 Å². The number of hydrogen-bond donors (Lipinski definition) is 3. The summed E-state index contributed by atoms with van der Waals surface area (Å²) in [7, 11) is 0. The average molecular weight is 382 g/mol. The molecule has 2 aliphatic heterocycles. The Hall–Kier alpha value is -2.48. The van der Waals surface area contributed by atoms with Gasteiger partial charge in [0.25, 0.3) is 5.91 Å². The number of pyridine rings is 1. The van der Waals surface area contributed by atoms with Crippen molar-refractivity contribution in [2.45, 2.75) is 25.1 Å². The van der Waals surface area contributed by atoms with Crippen molar-refractivity contribution in [3.05, 3.63) is 59.3 Å². The van der Waals surface area contributed by atoms with Gasteiger partial charge in [-0.15, -0.1) is 0 Å². The van der Waals surface area contributed by atoms with Crippen molar-refractivity contribution in [3.63, 3.8) is 0 Å². The number of hydrogen-bond acceptors (Lipinski definition) is 6. The third kappa shape index (κ3) is 4.67. The van der Waals surface area contributed by atoms with Gasteiger partial charge in [-0.3, -0.25) is 9.69 Å². The van der Waals surface area contributed by atoms with Gasteiger partial charge in [0.05, 0.1) is 25.4 Å². The highest BCUT2D eigenvalue weighted by molar-refractivity contribution is 5.92. The van der Waals surface area contributed by atoms with Crippen LogP contribution >= 0.6 is 0 Å². The van der Waals surface area contributed by atoms with Crippen LogP contribution < -0.4 is 10.6 Å². The predicted octanol–water partition coefficient (Wildman–Crippen LogP) is 1.04. The smallest absolute Gasteiger partial charge is 0.270 e. The standard InChI is InChI=1S/C21H26N4O3/c26-18(12-25-9-8-15-4-1-2-5-16(15)11-25)10-22-21(27)19-6-3-7-20(24-19)23-17-13-28-14-17/h1-7,17-18,26H,8-14H2,(H,22,27)(H,23,24)/t18-/m0/s1. The van der Waals surface area contributed by atoms with Crippen LogP contribution in [0.1, 0.15) is 21.6 Å². The molecular formula is C21H26N4O3. The lowest BCUT2D eigenvalue weighted by Gasteiger charge is -2.30. The number of aliphatic hydroxyl groups is 1. The summed E-state index contributed by atoms with van der Waals surface area (Å²) in [6.45, 7) is 3.80. The van der Waals surface area contributed by atoms with Crippen molar-refractivity contribution in [1.29, 1.82) is 0 Å². The lowest BCUT2D eigenvalue weighted by Crippen LogP contribution is -2.42. The summed E-state index contributed by atoms with van der Waals surface area (Å²) in [5, 5.41) is 16.4. The second-order valence-electron chi connectivity index (χ2n) is 7.40. The first kappa shape index (κ1) is 18.9. The Morgan fingerprint density at radius 2 is 2.04 bits per heavy atom. The lowest BCUT2D eigenvalue weighted by atomic mass is 10.00. The molecule has 3 N–H and O–H groups in total. The first-order valence-corrected chi connectivity index (χ1v) is 9.74. The summed E-state index contributed by atoms with van der Waals surface area (Å²) >= 11 is 0. The predicted molar refractivity (Wildman–Crippen MR) is 106 cm³/mol. The van der Waals surface area contributed by atoms with Crippen LogP contribution in [0, 0.1) is 0 Å². The normalized spacial score (nSPS) is 18.0. The van der Waals surface area contributed by atoms with E-state index in [1.165, 1.54) is 11.1 Å². The van der Waals surface area contributed by atoms with Crippen molar-refractivity contribution in [3.8, 4) is 0 Å². The number of β-amino-alcohol motifs (C(OH)–C–C–N with tert-alkyl or cyclic N) is 1. The van der Waals surface area contributed by atoms with Crippen molar-refractivity contribution in [2.75, 3.05) is 38.2 Å². The number of carbonyl (C=O) groups is 1. The SMILES string of the molecule is O=C(NC[C@H](O)CN1CCc2ccccc2C1)c1cccc(NC2COC2)n1. The maximum Gasteiger partial charge on any atom is 0.270 e. The van der Waals surface area contributed by atoms with Crippen LogP contribution in [0.4, 0.5) is 5.82 Å². The number of nitrogens with one attached hydrogen (secondary N) is 2. The number of ether oxygens (including phenoxy) is 1. The summed E-state index contributed by atoms with van der Waals surface area (Å²) in [4.78, 5) is 18.9. The van der Waals surface area contributed by atoms with Crippen LogP contribution in [0.2, 0.25) is 0 Å². The lowest BCUT2D eigenvalue weighted by molar-refractivity contribution is 0.0209. The Labute approximate surface area is 164 Å². The molecule has 7 heteroatoms. The molecule has 0 unspecified atom stereocenters. The highest BCUT2D eigenvalue weighted by Crippen LogP contribution is 2.18. The fraction of sp³-hybridized carbons (Fsp3) is 0.429. The number of aliphatic hydroxyl groups excluding tert-OH is 1. The number of anilines is 1. The molecule has 1 fully saturated rings. The Morgan fingerprint density at radius 3 is 2.82 bits per heavy atom. The monoisotopic (exact) mass is 382 g/mol. The molecule has 3 heterocycles. The molecule has 0 saturated carbocycles. The van der Waals surface area contributed by atoms with Crippen LogP contribution in [-0.2, 0) is 17.7 Å². The summed E-state index contributed by atoms with van der Waals surface area (Å²) in [5.41, 5.74) is 3.04. The Morgan fingerprint density at radius 1 is 1.21 bits per heavy atom. The van der Waals surface area contributed by atoms with E-state index in [0.29, 0.717) is 31.3 Å². The van der Waals surface area contributed by atoms with Crippen LogP contribution in [0.5, 0.6) is 0 Å². The topological polar surface area (TPSA) is 86.7 Å². The van der Waals surface area contributed by atoms with Gasteiger partial charge in [-0.05, 0) is 29.7 Å². The summed E-state index contributed by atoms with van der Waals surface area (Å²) in [6.07, 6.45) is 0.369. The number of benzene rings is 1. The molecule has 28 heavy (non-hydrogen) atoms. The summed E-state index contributed by atoms with van der Waals surface area (Å²) in [5.74, 6) is 0.380. The van der Waals surface area contributed by atoms with E-state index in [-0.39, 0.29) is 18.5 Å². The van der Waals surface area contributed by atoms with E-state index in [1.54, 1.807) is 12.1 Å². The van der Waals surface area contributed by atoms with Crippen molar-refractivity contribution < 1.29 is 14.6 Å². The average Bonchev–Trinajstić information content (AvgIpc) is 2.69. The largest absolute Gasteiger partial charge is 0.390 e. The summed E-state index contributed by atoms with van der Waals surface area (Å²) in [6, 6.07) is 14.0. The molecule has 4 rings (SSSR count). The van der Waals surface area contributed by atoms with Gasteiger partial charge in [-0.25, -0.2) is 4.98 Å². The molecule has 0 spiro atoms. The van der Waals surface area contributed by atoms with Crippen molar-refractivity contribution in [2.24, 2.45) is 0 Å². The van der Waals surface area contributed by atoms with E-state index in [4.69, 9.17) is 4.74 Å². The zero-order valence-corrected chi connectivity index (χ0v) is 15.8. The minimum absolute atomic E-state index is 0.201. The molecule has 0 bridgehead atoms.